The number of oxime groups is 1. The van der Waals surface area contributed by atoms with Crippen molar-refractivity contribution in [1.29, 1.82) is 5.26 Å². The summed E-state index contributed by atoms with van der Waals surface area (Å²) in [7, 11) is 0. The van der Waals surface area contributed by atoms with Gasteiger partial charge in [0.25, 0.3) is 0 Å². The highest BCUT2D eigenvalue weighted by Gasteiger charge is 1.64. The van der Waals surface area contributed by atoms with Crippen LogP contribution >= 0.6 is 0 Å². The van der Waals surface area contributed by atoms with Crippen molar-refractivity contribution in [2.75, 3.05) is 0 Å². The monoisotopic (exact) mass is 84.0 g/mol. The van der Waals surface area contributed by atoms with E-state index in [1.807, 2.05) is 0 Å². The highest BCUT2D eigenvalue weighted by Crippen LogP contribution is 1.61. The van der Waals surface area contributed by atoms with Crippen LogP contribution in [0.15, 0.2) is 5.16 Å². The molecule has 0 aromatic heterocycles. The summed E-state index contributed by atoms with van der Waals surface area (Å²) in [4.78, 5) is 0. The molecule has 3 heteroatoms. The summed E-state index contributed by atoms with van der Waals surface area (Å²) in [6.07, 6.45) is 1.30. The van der Waals surface area contributed by atoms with E-state index in [1.54, 1.807) is 6.07 Å². The van der Waals surface area contributed by atoms with Crippen molar-refractivity contribution in [1.82, 2.24) is 0 Å². The first-order valence-corrected chi connectivity index (χ1v) is 1.44. The van der Waals surface area contributed by atoms with E-state index >= 15 is 0 Å². The van der Waals surface area contributed by atoms with Gasteiger partial charge in [-0.2, -0.15) is 5.26 Å². The molecule has 0 aliphatic rings. The van der Waals surface area contributed by atoms with Gasteiger partial charge in [0.2, 0.25) is 0 Å². The highest BCUT2D eigenvalue weighted by molar-refractivity contribution is 5.58. The first-order valence-electron chi connectivity index (χ1n) is 1.44. The van der Waals surface area contributed by atoms with Crippen LogP contribution in [-0.4, -0.2) is 11.4 Å². The van der Waals surface area contributed by atoms with Gasteiger partial charge in [0.1, 0.15) is 0 Å². The largest absolute Gasteiger partial charge is 0.411 e. The number of nitrogens with zero attached hydrogens (tertiary/aromatic N) is 2. The molecule has 0 aromatic rings. The lowest BCUT2D eigenvalue weighted by atomic mass is 10.5. The van der Waals surface area contributed by atoms with Crippen LogP contribution < -0.4 is 0 Å². The van der Waals surface area contributed by atoms with E-state index in [9.17, 15) is 0 Å². The molecule has 0 saturated heterocycles. The Balaban J connectivity index is 2.92. The van der Waals surface area contributed by atoms with E-state index in [1.165, 1.54) is 0 Å². The zero-order valence-electron chi connectivity index (χ0n) is 3.13. The molecule has 0 saturated carbocycles. The van der Waals surface area contributed by atoms with E-state index < -0.39 is 0 Å². The second-order valence-electron chi connectivity index (χ2n) is 0.660. The Morgan fingerprint density at radius 2 is 2.67 bits per heavy atom. The maximum absolute atomic E-state index is 7.74. The Bertz CT molecular complexity index is 81.3. The van der Waals surface area contributed by atoms with Gasteiger partial charge in [0, 0.05) is 0 Å². The molecule has 0 spiro atoms. The van der Waals surface area contributed by atoms with Crippen molar-refractivity contribution in [2.24, 2.45) is 5.16 Å². The fourth-order valence-corrected chi connectivity index (χ4v) is 0.0816. The van der Waals surface area contributed by atoms with Crippen LogP contribution in [0.1, 0.15) is 6.42 Å². The summed E-state index contributed by atoms with van der Waals surface area (Å²) >= 11 is 0. The van der Waals surface area contributed by atoms with Gasteiger partial charge in [-0.25, -0.2) is 0 Å². The SMILES string of the molecule is N#CC/C=N\O. The standard InChI is InChI=1S/C3H4N2O/c4-2-1-3-5-6/h3,6H,1H2/b5-3-. The van der Waals surface area contributed by atoms with Gasteiger partial charge < -0.3 is 5.21 Å². The Morgan fingerprint density at radius 1 is 2.00 bits per heavy atom. The predicted octanol–water partition coefficient (Wildman–Crippen LogP) is 0.360. The van der Waals surface area contributed by atoms with Gasteiger partial charge in [-0.3, -0.25) is 0 Å². The molecule has 0 heterocycles. The first kappa shape index (κ1) is 4.96. The van der Waals surface area contributed by atoms with Gasteiger partial charge in [-0.15, -0.1) is 5.16 Å². The summed E-state index contributed by atoms with van der Waals surface area (Å²) in [6, 6.07) is 1.76. The molecule has 3 nitrogen and oxygen atoms in total. The minimum absolute atomic E-state index is 0.177. The molecule has 0 aliphatic heterocycles. The number of nitriles is 1. The smallest absolute Gasteiger partial charge is 0.0738 e. The van der Waals surface area contributed by atoms with Gasteiger partial charge in [0.05, 0.1) is 18.7 Å². The zero-order valence-corrected chi connectivity index (χ0v) is 3.13. The lowest BCUT2D eigenvalue weighted by Gasteiger charge is -1.63. The third kappa shape index (κ3) is 2.96. The summed E-state index contributed by atoms with van der Waals surface area (Å²) in [5.41, 5.74) is 0. The molecular formula is C3H4N2O. The summed E-state index contributed by atoms with van der Waals surface area (Å²) in [6.45, 7) is 0. The van der Waals surface area contributed by atoms with E-state index in [0.717, 1.165) is 6.21 Å². The second kappa shape index (κ2) is 3.96. The second-order valence-corrected chi connectivity index (χ2v) is 0.660. The Kier molecular flexibility index (Phi) is 3.27. The zero-order chi connectivity index (χ0) is 4.83. The summed E-state index contributed by atoms with van der Waals surface area (Å²) < 4.78 is 0. The Labute approximate surface area is 35.5 Å². The topological polar surface area (TPSA) is 56.4 Å². The van der Waals surface area contributed by atoms with Gasteiger partial charge in [-0.05, 0) is 0 Å². The summed E-state index contributed by atoms with van der Waals surface area (Å²) in [5.74, 6) is 0. The average Bonchev–Trinajstić information content (AvgIpc) is 1.61. The molecule has 0 aromatic carbocycles. The normalized spacial score (nSPS) is 8.50. The predicted molar refractivity (Wildman–Crippen MR) is 20.5 cm³/mol. The van der Waals surface area contributed by atoms with Crippen LogP contribution in [0.5, 0.6) is 0 Å². The van der Waals surface area contributed by atoms with Crippen LogP contribution in [0.3, 0.4) is 0 Å². The van der Waals surface area contributed by atoms with E-state index in [0.29, 0.717) is 0 Å². The molecular weight excluding hydrogens is 80.0 g/mol. The molecule has 0 aliphatic carbocycles. The molecule has 32 valence electrons. The molecule has 0 unspecified atom stereocenters. The summed E-state index contributed by atoms with van der Waals surface area (Å²) in [5, 5.41) is 17.9. The van der Waals surface area contributed by atoms with E-state index in [2.05, 4.69) is 5.16 Å². The van der Waals surface area contributed by atoms with Gasteiger partial charge in [0.15, 0.2) is 0 Å². The molecule has 0 atom stereocenters. The van der Waals surface area contributed by atoms with Crippen LogP contribution in [0.2, 0.25) is 0 Å². The van der Waals surface area contributed by atoms with Gasteiger partial charge in [-0.1, -0.05) is 0 Å². The van der Waals surface area contributed by atoms with Crippen LogP contribution in [-0.2, 0) is 0 Å². The quantitative estimate of drug-likeness (QED) is 0.283. The van der Waals surface area contributed by atoms with E-state index in [-0.39, 0.29) is 6.42 Å². The average molecular weight is 84.1 g/mol. The van der Waals surface area contributed by atoms with Crippen molar-refractivity contribution in [3.05, 3.63) is 0 Å². The molecule has 1 N–H and O–H groups in total. The molecule has 0 rings (SSSR count). The maximum atomic E-state index is 7.74. The first-order chi connectivity index (χ1) is 2.91. The van der Waals surface area contributed by atoms with Crippen LogP contribution in [0, 0.1) is 11.3 Å². The Hall–Kier alpha value is -1.04. The fraction of sp³-hybridized carbons (Fsp3) is 0.333. The van der Waals surface area contributed by atoms with Gasteiger partial charge >= 0.3 is 0 Å². The lowest BCUT2D eigenvalue weighted by molar-refractivity contribution is 0.321. The van der Waals surface area contributed by atoms with Crippen molar-refractivity contribution in [2.45, 2.75) is 6.42 Å². The van der Waals surface area contributed by atoms with Crippen LogP contribution in [0.4, 0.5) is 0 Å². The van der Waals surface area contributed by atoms with Crippen LogP contribution in [0.25, 0.3) is 0 Å². The Morgan fingerprint density at radius 3 is 2.83 bits per heavy atom. The van der Waals surface area contributed by atoms with Crippen molar-refractivity contribution >= 4 is 6.21 Å². The van der Waals surface area contributed by atoms with Crippen molar-refractivity contribution in [3.63, 3.8) is 0 Å². The third-order valence-corrected chi connectivity index (χ3v) is 0.264. The highest BCUT2D eigenvalue weighted by atomic mass is 16.4. The van der Waals surface area contributed by atoms with E-state index in [4.69, 9.17) is 10.5 Å². The third-order valence-electron chi connectivity index (χ3n) is 0.264. The molecule has 0 fully saturated rings. The van der Waals surface area contributed by atoms with Crippen molar-refractivity contribution in [3.8, 4) is 6.07 Å². The minimum atomic E-state index is 0.177. The minimum Gasteiger partial charge on any atom is -0.411 e. The molecule has 0 radical (unpaired) electrons. The number of hydrogen-bond donors (Lipinski definition) is 1. The molecule has 0 bridgehead atoms. The maximum Gasteiger partial charge on any atom is 0.0738 e. The molecule has 6 heavy (non-hydrogen) atoms. The lowest BCUT2D eigenvalue weighted by Crippen LogP contribution is -1.65. The van der Waals surface area contributed by atoms with Crippen molar-refractivity contribution < 1.29 is 5.21 Å². The number of hydrogen-bond acceptors (Lipinski definition) is 3. The molecule has 0 amide bonds. The fourth-order valence-electron chi connectivity index (χ4n) is 0.0816. The number of rotatable bonds is 1.